The van der Waals surface area contributed by atoms with Crippen molar-refractivity contribution in [1.82, 2.24) is 10.2 Å². The quantitative estimate of drug-likeness (QED) is 0.367. The molecule has 3 N–H and O–H groups in total. The van der Waals surface area contributed by atoms with E-state index in [2.05, 4.69) is 12.2 Å². The second kappa shape index (κ2) is 14.7. The van der Waals surface area contributed by atoms with E-state index in [9.17, 15) is 14.4 Å². The normalized spacial score (nSPS) is 15.5. The lowest BCUT2D eigenvalue weighted by Gasteiger charge is -2.34. The Balaban J connectivity index is 2.55. The first kappa shape index (κ1) is 30.3. The van der Waals surface area contributed by atoms with Gasteiger partial charge in [-0.15, -0.1) is 0 Å². The number of unbranched alkanes of at least 4 members (excludes halogenated alkanes) is 2. The Morgan fingerprint density at radius 3 is 2.05 bits per heavy atom. The molecule has 1 saturated carbocycles. The molecule has 4 amide bonds. The summed E-state index contributed by atoms with van der Waals surface area (Å²) in [5.74, 6) is -0.280. The van der Waals surface area contributed by atoms with Gasteiger partial charge in [0.15, 0.2) is 11.5 Å². The third-order valence-electron chi connectivity index (χ3n) is 7.18. The Morgan fingerprint density at radius 2 is 1.59 bits per heavy atom. The van der Waals surface area contributed by atoms with E-state index < -0.39 is 23.9 Å². The summed E-state index contributed by atoms with van der Waals surface area (Å²) in [4.78, 5) is 41.0. The smallest absolute Gasteiger partial charge is 0.324 e. The number of methoxy groups -OCH3 is 3. The molecule has 1 aromatic rings. The highest BCUT2D eigenvalue weighted by Gasteiger charge is 2.38. The van der Waals surface area contributed by atoms with E-state index in [4.69, 9.17) is 19.9 Å². The van der Waals surface area contributed by atoms with Crippen molar-refractivity contribution in [1.29, 1.82) is 0 Å². The molecule has 1 aliphatic rings. The lowest BCUT2D eigenvalue weighted by atomic mass is 9.76. The lowest BCUT2D eigenvalue weighted by Crippen LogP contribution is -2.55. The average Bonchev–Trinajstić information content (AvgIpc) is 2.89. The number of carbonyl (C=O) groups is 3. The minimum absolute atomic E-state index is 0.0579. The molecule has 0 aromatic heterocycles. The second-order valence-electron chi connectivity index (χ2n) is 10.1. The largest absolute Gasteiger partial charge is 0.493 e. The van der Waals surface area contributed by atoms with Crippen LogP contribution in [0.2, 0.25) is 0 Å². The Labute approximate surface area is 221 Å². The van der Waals surface area contributed by atoms with Crippen molar-refractivity contribution in [3.05, 3.63) is 17.7 Å². The van der Waals surface area contributed by atoms with Crippen LogP contribution >= 0.6 is 0 Å². The SMILES string of the molecule is CCCCCN(C(=O)NC(C(N)=O)C(C)C)C(=O)C(c1cc(OC)c(OC)c(OC)c1)C1CCCCC1. The van der Waals surface area contributed by atoms with Crippen molar-refractivity contribution in [2.75, 3.05) is 27.9 Å². The number of benzene rings is 1. The number of imide groups is 1. The maximum Gasteiger partial charge on any atom is 0.324 e. The molecule has 1 aromatic carbocycles. The second-order valence-corrected chi connectivity index (χ2v) is 10.1. The number of ether oxygens (including phenoxy) is 3. The molecular formula is C28H45N3O6. The van der Waals surface area contributed by atoms with Crippen LogP contribution in [0.15, 0.2) is 12.1 Å². The number of amides is 4. The van der Waals surface area contributed by atoms with E-state index in [1.807, 2.05) is 0 Å². The predicted molar refractivity (Wildman–Crippen MR) is 143 cm³/mol. The van der Waals surface area contributed by atoms with E-state index in [1.54, 1.807) is 40.2 Å². The van der Waals surface area contributed by atoms with Crippen molar-refractivity contribution in [3.8, 4) is 17.2 Å². The molecule has 0 radical (unpaired) electrons. The van der Waals surface area contributed by atoms with Crippen LogP contribution in [0.3, 0.4) is 0 Å². The van der Waals surface area contributed by atoms with E-state index in [-0.39, 0.29) is 24.3 Å². The molecule has 208 valence electrons. The lowest BCUT2D eigenvalue weighted by molar-refractivity contribution is -0.132. The average molecular weight is 520 g/mol. The summed E-state index contributed by atoms with van der Waals surface area (Å²) in [6.45, 7) is 5.93. The first-order chi connectivity index (χ1) is 17.7. The van der Waals surface area contributed by atoms with Gasteiger partial charge >= 0.3 is 6.03 Å². The van der Waals surface area contributed by atoms with Crippen LogP contribution in [0.4, 0.5) is 4.79 Å². The molecule has 0 saturated heterocycles. The monoisotopic (exact) mass is 519 g/mol. The summed E-state index contributed by atoms with van der Waals surface area (Å²) < 4.78 is 16.6. The highest BCUT2D eigenvalue weighted by molar-refractivity contribution is 5.99. The van der Waals surface area contributed by atoms with Gasteiger partial charge in [0.2, 0.25) is 17.6 Å². The number of primary amides is 1. The maximum absolute atomic E-state index is 14.3. The van der Waals surface area contributed by atoms with Crippen molar-refractivity contribution < 1.29 is 28.6 Å². The van der Waals surface area contributed by atoms with Crippen LogP contribution in [0.5, 0.6) is 17.2 Å². The topological polar surface area (TPSA) is 120 Å². The third-order valence-corrected chi connectivity index (χ3v) is 7.18. The van der Waals surface area contributed by atoms with E-state index in [0.29, 0.717) is 23.7 Å². The molecule has 0 aliphatic heterocycles. The molecule has 2 rings (SSSR count). The summed E-state index contributed by atoms with van der Waals surface area (Å²) in [5, 5.41) is 2.72. The Hall–Kier alpha value is -2.97. The predicted octanol–water partition coefficient (Wildman–Crippen LogP) is 4.61. The first-order valence-electron chi connectivity index (χ1n) is 13.4. The fourth-order valence-corrected chi connectivity index (χ4v) is 5.14. The number of carbonyl (C=O) groups excluding carboxylic acids is 3. The molecular weight excluding hydrogens is 474 g/mol. The van der Waals surface area contributed by atoms with Crippen LogP contribution in [0.1, 0.15) is 83.6 Å². The molecule has 0 spiro atoms. The summed E-state index contributed by atoms with van der Waals surface area (Å²) >= 11 is 0. The first-order valence-corrected chi connectivity index (χ1v) is 13.4. The number of nitrogens with zero attached hydrogens (tertiary/aromatic N) is 1. The molecule has 2 unspecified atom stereocenters. The van der Waals surface area contributed by atoms with Gasteiger partial charge in [0, 0.05) is 6.54 Å². The van der Waals surface area contributed by atoms with Crippen molar-refractivity contribution in [2.45, 2.75) is 84.1 Å². The van der Waals surface area contributed by atoms with Gasteiger partial charge in [-0.05, 0) is 48.8 Å². The van der Waals surface area contributed by atoms with Crippen LogP contribution < -0.4 is 25.3 Å². The number of nitrogens with one attached hydrogen (secondary N) is 1. The number of rotatable bonds is 13. The minimum atomic E-state index is -0.872. The Morgan fingerprint density at radius 1 is 1.00 bits per heavy atom. The van der Waals surface area contributed by atoms with E-state index in [0.717, 1.165) is 50.5 Å². The van der Waals surface area contributed by atoms with Crippen LogP contribution in [0.25, 0.3) is 0 Å². The van der Waals surface area contributed by atoms with Gasteiger partial charge in [0.1, 0.15) is 6.04 Å². The van der Waals surface area contributed by atoms with E-state index in [1.165, 1.54) is 12.0 Å². The standard InChI is InChI=1S/C28H45N3O6/c1-7-8-12-15-31(28(34)30-24(18(2)3)26(29)32)27(33)23(19-13-10-9-11-14-19)20-16-21(35-4)25(37-6)22(17-20)36-5/h16-19,23-24H,7-15H2,1-6H3,(H2,29,32)(H,30,34). The van der Waals surface area contributed by atoms with Crippen molar-refractivity contribution in [2.24, 2.45) is 17.6 Å². The Bertz CT molecular complexity index is 888. The molecule has 2 atom stereocenters. The number of hydrogen-bond donors (Lipinski definition) is 2. The van der Waals surface area contributed by atoms with E-state index >= 15 is 0 Å². The zero-order valence-electron chi connectivity index (χ0n) is 23.3. The van der Waals surface area contributed by atoms with Crippen molar-refractivity contribution >= 4 is 17.8 Å². The molecule has 9 heteroatoms. The zero-order valence-corrected chi connectivity index (χ0v) is 23.3. The number of urea groups is 1. The van der Waals surface area contributed by atoms with Gasteiger partial charge in [0.05, 0.1) is 27.2 Å². The van der Waals surface area contributed by atoms with Gasteiger partial charge in [-0.1, -0.05) is 52.9 Å². The zero-order chi connectivity index (χ0) is 27.5. The van der Waals surface area contributed by atoms with Gasteiger partial charge in [0.25, 0.3) is 0 Å². The fraction of sp³-hybridized carbons (Fsp3) is 0.679. The van der Waals surface area contributed by atoms with Gasteiger partial charge < -0.3 is 25.3 Å². The molecule has 1 fully saturated rings. The molecule has 1 aliphatic carbocycles. The molecule has 37 heavy (non-hydrogen) atoms. The van der Waals surface area contributed by atoms with Crippen molar-refractivity contribution in [3.63, 3.8) is 0 Å². The third kappa shape index (κ3) is 7.76. The highest BCUT2D eigenvalue weighted by Crippen LogP contribution is 2.44. The van der Waals surface area contributed by atoms with Gasteiger partial charge in [-0.3, -0.25) is 14.5 Å². The maximum atomic E-state index is 14.3. The molecule has 0 bridgehead atoms. The van der Waals surface area contributed by atoms with Gasteiger partial charge in [-0.25, -0.2) is 4.79 Å². The molecule has 0 heterocycles. The summed E-state index contributed by atoms with van der Waals surface area (Å²) in [5.41, 5.74) is 6.26. The van der Waals surface area contributed by atoms with Crippen LogP contribution in [-0.4, -0.2) is 56.7 Å². The summed E-state index contributed by atoms with van der Waals surface area (Å²) in [7, 11) is 4.62. The summed E-state index contributed by atoms with van der Waals surface area (Å²) in [6.07, 6.45) is 7.43. The summed E-state index contributed by atoms with van der Waals surface area (Å²) in [6, 6.07) is 2.15. The van der Waals surface area contributed by atoms with Gasteiger partial charge in [-0.2, -0.15) is 0 Å². The molecule has 9 nitrogen and oxygen atoms in total. The number of nitrogens with two attached hydrogens (primary N) is 1. The Kier molecular flexibility index (Phi) is 12.0. The number of hydrogen-bond acceptors (Lipinski definition) is 6. The highest BCUT2D eigenvalue weighted by atomic mass is 16.5. The fourth-order valence-electron chi connectivity index (χ4n) is 5.14. The van der Waals surface area contributed by atoms with Crippen LogP contribution in [-0.2, 0) is 9.59 Å². The van der Waals surface area contributed by atoms with Crippen LogP contribution in [0, 0.1) is 11.8 Å². The minimum Gasteiger partial charge on any atom is -0.493 e.